The average molecular weight is 222 g/mol. The Bertz CT molecular complexity index is 348. The van der Waals surface area contributed by atoms with Crippen LogP contribution in [-0.4, -0.2) is 21.9 Å². The molecular weight excluding hydrogens is 204 g/mol. The molecule has 5 nitrogen and oxygen atoms in total. The molecule has 1 heterocycles. The van der Waals surface area contributed by atoms with Crippen LogP contribution in [0.4, 0.5) is 5.69 Å². The van der Waals surface area contributed by atoms with Crippen LogP contribution in [0, 0.1) is 5.21 Å². The summed E-state index contributed by atoms with van der Waals surface area (Å²) in [6.07, 6.45) is 3.39. The smallest absolute Gasteiger partial charge is 0.168 e. The number of rotatable bonds is 4. The fourth-order valence-electron chi connectivity index (χ4n) is 1.14. The first-order valence-electron chi connectivity index (χ1n) is 5.39. The summed E-state index contributed by atoms with van der Waals surface area (Å²) < 4.78 is 0. The van der Waals surface area contributed by atoms with E-state index in [1.165, 1.54) is 0 Å². The average Bonchev–Trinajstić information content (AvgIpc) is 2.26. The van der Waals surface area contributed by atoms with Crippen molar-refractivity contribution in [3.8, 4) is 0 Å². The van der Waals surface area contributed by atoms with E-state index in [1.807, 2.05) is 26.0 Å². The van der Waals surface area contributed by atoms with Gasteiger partial charge in [-0.1, -0.05) is 0 Å². The van der Waals surface area contributed by atoms with Gasteiger partial charge in [0.2, 0.25) is 0 Å². The zero-order chi connectivity index (χ0) is 12.1. The molecule has 16 heavy (non-hydrogen) atoms. The van der Waals surface area contributed by atoms with Crippen molar-refractivity contribution in [2.24, 2.45) is 5.22 Å². The van der Waals surface area contributed by atoms with Gasteiger partial charge in [0.05, 0.1) is 11.4 Å². The standard InChI is InChI=1S/C11H18N4O/c1-9(2)14(13-15(16)10(3)4)11-6-5-7-12-8-11/h5-10H,1-4H3/b15-13-. The van der Waals surface area contributed by atoms with Gasteiger partial charge in [-0.15, -0.1) is 5.01 Å². The van der Waals surface area contributed by atoms with Crippen LogP contribution in [-0.2, 0) is 0 Å². The molecule has 0 atom stereocenters. The third-order valence-corrected chi connectivity index (χ3v) is 2.03. The molecule has 0 aromatic carbocycles. The lowest BCUT2D eigenvalue weighted by molar-refractivity contribution is -0.562. The molecule has 1 aromatic heterocycles. The SMILES string of the molecule is CC(C)N(/N=[N+](\[O-])C(C)C)c1cccnc1. The van der Waals surface area contributed by atoms with Crippen LogP contribution in [0.25, 0.3) is 0 Å². The Morgan fingerprint density at radius 1 is 1.38 bits per heavy atom. The molecule has 88 valence electrons. The second kappa shape index (κ2) is 5.44. The van der Waals surface area contributed by atoms with Gasteiger partial charge in [0.1, 0.15) is 12.1 Å². The highest BCUT2D eigenvalue weighted by molar-refractivity contribution is 5.42. The molecule has 0 aliphatic carbocycles. The summed E-state index contributed by atoms with van der Waals surface area (Å²) in [6, 6.07) is 3.65. The van der Waals surface area contributed by atoms with Crippen molar-refractivity contribution >= 4 is 5.69 Å². The summed E-state index contributed by atoms with van der Waals surface area (Å²) in [5.74, 6) is 0. The zero-order valence-electron chi connectivity index (χ0n) is 10.2. The van der Waals surface area contributed by atoms with E-state index < -0.39 is 0 Å². The Hall–Kier alpha value is -1.65. The van der Waals surface area contributed by atoms with Crippen LogP contribution in [0.3, 0.4) is 0 Å². The van der Waals surface area contributed by atoms with Crippen LogP contribution in [0.2, 0.25) is 0 Å². The quantitative estimate of drug-likeness (QED) is 0.447. The van der Waals surface area contributed by atoms with E-state index in [0.717, 1.165) is 5.69 Å². The number of aromatic nitrogens is 1. The monoisotopic (exact) mass is 222 g/mol. The van der Waals surface area contributed by atoms with Crippen molar-refractivity contribution in [1.29, 1.82) is 0 Å². The van der Waals surface area contributed by atoms with Gasteiger partial charge in [0.25, 0.3) is 0 Å². The molecule has 0 bridgehead atoms. The Labute approximate surface area is 96.0 Å². The first kappa shape index (κ1) is 12.4. The van der Waals surface area contributed by atoms with Crippen LogP contribution in [0.5, 0.6) is 0 Å². The second-order valence-corrected chi connectivity index (χ2v) is 4.14. The van der Waals surface area contributed by atoms with E-state index in [9.17, 15) is 5.21 Å². The molecule has 0 aliphatic heterocycles. The number of hydroxylamine groups is 1. The van der Waals surface area contributed by atoms with Crippen molar-refractivity contribution in [1.82, 2.24) is 4.98 Å². The van der Waals surface area contributed by atoms with Gasteiger partial charge in [0, 0.05) is 6.20 Å². The largest absolute Gasteiger partial charge is 0.696 e. The third-order valence-electron chi connectivity index (χ3n) is 2.03. The highest BCUT2D eigenvalue weighted by Gasteiger charge is 2.18. The van der Waals surface area contributed by atoms with Gasteiger partial charge in [-0.25, -0.2) is 0 Å². The summed E-state index contributed by atoms with van der Waals surface area (Å²) in [5.41, 5.74) is 0.819. The Morgan fingerprint density at radius 3 is 2.50 bits per heavy atom. The minimum Gasteiger partial charge on any atom is -0.696 e. The van der Waals surface area contributed by atoms with Crippen molar-refractivity contribution in [2.75, 3.05) is 5.01 Å². The molecule has 0 unspecified atom stereocenters. The van der Waals surface area contributed by atoms with Crippen molar-refractivity contribution < 1.29 is 4.86 Å². The van der Waals surface area contributed by atoms with Crippen LogP contribution < -0.4 is 5.01 Å². The molecule has 0 radical (unpaired) electrons. The molecule has 1 aromatic rings. The van der Waals surface area contributed by atoms with Crippen LogP contribution in [0.1, 0.15) is 27.7 Å². The van der Waals surface area contributed by atoms with E-state index >= 15 is 0 Å². The lowest BCUT2D eigenvalue weighted by Gasteiger charge is -2.18. The number of anilines is 1. The lowest BCUT2D eigenvalue weighted by atomic mass is 10.3. The van der Waals surface area contributed by atoms with Crippen LogP contribution >= 0.6 is 0 Å². The van der Waals surface area contributed by atoms with Gasteiger partial charge in [0.15, 0.2) is 5.69 Å². The fraction of sp³-hybridized carbons (Fsp3) is 0.545. The number of nitrogens with zero attached hydrogens (tertiary/aromatic N) is 4. The fourth-order valence-corrected chi connectivity index (χ4v) is 1.14. The predicted molar refractivity (Wildman–Crippen MR) is 63.0 cm³/mol. The first-order valence-corrected chi connectivity index (χ1v) is 5.39. The zero-order valence-corrected chi connectivity index (χ0v) is 10.2. The Balaban J connectivity index is 2.98. The third kappa shape index (κ3) is 3.18. The Kier molecular flexibility index (Phi) is 4.22. The van der Waals surface area contributed by atoms with Gasteiger partial charge in [-0.3, -0.25) is 4.98 Å². The van der Waals surface area contributed by atoms with Crippen molar-refractivity contribution in [3.05, 3.63) is 29.7 Å². The molecule has 0 fully saturated rings. The molecule has 0 aliphatic rings. The Morgan fingerprint density at radius 2 is 2.06 bits per heavy atom. The molecule has 0 saturated heterocycles. The lowest BCUT2D eigenvalue weighted by Crippen LogP contribution is -2.28. The predicted octanol–water partition coefficient (Wildman–Crippen LogP) is 2.58. The maximum atomic E-state index is 11.5. The minimum atomic E-state index is -0.169. The summed E-state index contributed by atoms with van der Waals surface area (Å²) in [6.45, 7) is 7.56. The molecule has 0 saturated carbocycles. The highest BCUT2D eigenvalue weighted by atomic mass is 16.5. The molecule has 0 N–H and O–H groups in total. The second-order valence-electron chi connectivity index (χ2n) is 4.14. The van der Waals surface area contributed by atoms with Crippen molar-refractivity contribution in [2.45, 2.75) is 39.8 Å². The van der Waals surface area contributed by atoms with Gasteiger partial charge < -0.3 is 5.21 Å². The normalized spacial score (nSPS) is 12.2. The van der Waals surface area contributed by atoms with E-state index in [4.69, 9.17) is 0 Å². The molecule has 0 spiro atoms. The highest BCUT2D eigenvalue weighted by Crippen LogP contribution is 2.15. The van der Waals surface area contributed by atoms with Crippen LogP contribution in [0.15, 0.2) is 29.7 Å². The molecule has 5 heteroatoms. The van der Waals surface area contributed by atoms with E-state index in [2.05, 4.69) is 10.2 Å². The maximum Gasteiger partial charge on any atom is 0.168 e. The van der Waals surface area contributed by atoms with E-state index in [0.29, 0.717) is 4.86 Å². The number of pyridine rings is 1. The van der Waals surface area contributed by atoms with Gasteiger partial charge in [-0.2, -0.15) is 4.86 Å². The van der Waals surface area contributed by atoms with E-state index in [1.54, 1.807) is 31.3 Å². The van der Waals surface area contributed by atoms with Crippen molar-refractivity contribution in [3.63, 3.8) is 0 Å². The van der Waals surface area contributed by atoms with Gasteiger partial charge in [-0.05, 0) is 39.8 Å². The summed E-state index contributed by atoms with van der Waals surface area (Å²) in [7, 11) is 0. The summed E-state index contributed by atoms with van der Waals surface area (Å²) >= 11 is 0. The number of hydrogen-bond donors (Lipinski definition) is 0. The summed E-state index contributed by atoms with van der Waals surface area (Å²) in [5, 5.41) is 17.2. The maximum absolute atomic E-state index is 11.5. The topological polar surface area (TPSA) is 54.6 Å². The summed E-state index contributed by atoms with van der Waals surface area (Å²) in [4.78, 5) is 4.72. The van der Waals surface area contributed by atoms with Gasteiger partial charge >= 0.3 is 0 Å². The number of hydrogen-bond acceptors (Lipinski definition) is 3. The minimum absolute atomic E-state index is 0.111. The molecule has 1 rings (SSSR count). The first-order chi connectivity index (χ1) is 7.52. The van der Waals surface area contributed by atoms with E-state index in [-0.39, 0.29) is 12.1 Å². The molecular formula is C11H18N4O. The molecule has 0 amide bonds.